The first kappa shape index (κ1) is 9.93. The summed E-state index contributed by atoms with van der Waals surface area (Å²) in [6.07, 6.45) is 0. The number of nitrogens with zero attached hydrogens (tertiary/aromatic N) is 1. The highest BCUT2D eigenvalue weighted by Crippen LogP contribution is 2.10. The number of aromatic nitrogens is 1. The van der Waals surface area contributed by atoms with Crippen LogP contribution in [0.15, 0.2) is 35.1 Å². The van der Waals surface area contributed by atoms with E-state index < -0.39 is 0 Å². The SMILES string of the molecule is Cc1cc2ccccc2c(=O)n1CCO. The standard InChI is InChI=1S/C12H13NO2/c1-9-8-10-4-2-3-5-11(10)12(15)13(9)6-7-14/h2-5,8,14H,6-7H2,1H3. The Hall–Kier alpha value is -1.61. The van der Waals surface area contributed by atoms with Crippen LogP contribution >= 0.6 is 0 Å². The molecule has 78 valence electrons. The van der Waals surface area contributed by atoms with Crippen molar-refractivity contribution in [2.24, 2.45) is 0 Å². The van der Waals surface area contributed by atoms with Gasteiger partial charge in [-0.15, -0.1) is 0 Å². The van der Waals surface area contributed by atoms with Gasteiger partial charge in [0.05, 0.1) is 6.61 Å². The molecule has 1 heterocycles. The summed E-state index contributed by atoms with van der Waals surface area (Å²) >= 11 is 0. The minimum absolute atomic E-state index is 0.0148. The fourth-order valence-corrected chi connectivity index (χ4v) is 1.80. The predicted octanol–water partition coefficient (Wildman–Crippen LogP) is 1.30. The molecule has 15 heavy (non-hydrogen) atoms. The topological polar surface area (TPSA) is 42.2 Å². The number of aryl methyl sites for hydroxylation is 1. The zero-order valence-electron chi connectivity index (χ0n) is 8.60. The minimum Gasteiger partial charge on any atom is -0.395 e. The fraction of sp³-hybridized carbons (Fsp3) is 0.250. The molecule has 0 spiro atoms. The van der Waals surface area contributed by atoms with E-state index in [-0.39, 0.29) is 12.2 Å². The first-order valence-corrected chi connectivity index (χ1v) is 4.94. The fourth-order valence-electron chi connectivity index (χ4n) is 1.80. The van der Waals surface area contributed by atoms with E-state index in [1.54, 1.807) is 4.57 Å². The molecule has 2 aromatic rings. The van der Waals surface area contributed by atoms with E-state index in [2.05, 4.69) is 0 Å². The molecule has 0 radical (unpaired) electrons. The van der Waals surface area contributed by atoms with Gasteiger partial charge in [-0.3, -0.25) is 4.79 Å². The highest BCUT2D eigenvalue weighted by atomic mass is 16.3. The number of hydrogen-bond donors (Lipinski definition) is 1. The third kappa shape index (κ3) is 1.66. The van der Waals surface area contributed by atoms with Crippen molar-refractivity contribution in [3.8, 4) is 0 Å². The second-order valence-electron chi connectivity index (χ2n) is 3.55. The van der Waals surface area contributed by atoms with Crippen molar-refractivity contribution in [1.29, 1.82) is 0 Å². The Kier molecular flexibility index (Phi) is 2.56. The summed E-state index contributed by atoms with van der Waals surface area (Å²) in [5.74, 6) is 0. The molecule has 0 saturated carbocycles. The summed E-state index contributed by atoms with van der Waals surface area (Å²) in [5.41, 5.74) is 0.854. The van der Waals surface area contributed by atoms with Gasteiger partial charge in [-0.05, 0) is 24.4 Å². The van der Waals surface area contributed by atoms with Crippen LogP contribution in [-0.4, -0.2) is 16.3 Å². The van der Waals surface area contributed by atoms with Crippen molar-refractivity contribution in [2.45, 2.75) is 13.5 Å². The van der Waals surface area contributed by atoms with Gasteiger partial charge in [0.1, 0.15) is 0 Å². The van der Waals surface area contributed by atoms with E-state index in [0.29, 0.717) is 11.9 Å². The lowest BCUT2D eigenvalue weighted by Gasteiger charge is -2.09. The number of pyridine rings is 1. The number of benzene rings is 1. The van der Waals surface area contributed by atoms with Gasteiger partial charge in [0.2, 0.25) is 0 Å². The van der Waals surface area contributed by atoms with Crippen molar-refractivity contribution in [1.82, 2.24) is 4.57 Å². The van der Waals surface area contributed by atoms with Crippen LogP contribution in [0, 0.1) is 6.92 Å². The number of aliphatic hydroxyl groups is 1. The third-order valence-electron chi connectivity index (χ3n) is 2.55. The van der Waals surface area contributed by atoms with E-state index in [1.165, 1.54) is 0 Å². The maximum absolute atomic E-state index is 12.0. The van der Waals surface area contributed by atoms with E-state index in [9.17, 15) is 4.79 Å². The smallest absolute Gasteiger partial charge is 0.258 e. The van der Waals surface area contributed by atoms with E-state index in [0.717, 1.165) is 11.1 Å². The second kappa shape index (κ2) is 3.87. The van der Waals surface area contributed by atoms with Gasteiger partial charge in [-0.1, -0.05) is 18.2 Å². The number of fused-ring (bicyclic) bond motifs is 1. The molecule has 0 atom stereocenters. The van der Waals surface area contributed by atoms with Crippen LogP contribution in [0.25, 0.3) is 10.8 Å². The van der Waals surface area contributed by atoms with Crippen molar-refractivity contribution < 1.29 is 5.11 Å². The van der Waals surface area contributed by atoms with E-state index in [4.69, 9.17) is 5.11 Å². The Morgan fingerprint density at radius 2 is 2.07 bits per heavy atom. The normalized spacial score (nSPS) is 10.8. The zero-order chi connectivity index (χ0) is 10.8. The largest absolute Gasteiger partial charge is 0.395 e. The molecule has 1 N–H and O–H groups in total. The molecule has 3 nitrogen and oxygen atoms in total. The van der Waals surface area contributed by atoms with E-state index in [1.807, 2.05) is 37.3 Å². The van der Waals surface area contributed by atoms with Crippen molar-refractivity contribution >= 4 is 10.8 Å². The first-order chi connectivity index (χ1) is 7.24. The summed E-state index contributed by atoms with van der Waals surface area (Å²) in [5, 5.41) is 10.5. The summed E-state index contributed by atoms with van der Waals surface area (Å²) in [6, 6.07) is 9.46. The second-order valence-corrected chi connectivity index (χ2v) is 3.55. The Balaban J connectivity index is 2.78. The average molecular weight is 203 g/mol. The Morgan fingerprint density at radius 3 is 2.80 bits per heavy atom. The molecule has 0 fully saturated rings. The molecule has 0 saturated heterocycles. The molecule has 2 rings (SSSR count). The zero-order valence-corrected chi connectivity index (χ0v) is 8.60. The molecule has 1 aromatic carbocycles. The molecular weight excluding hydrogens is 190 g/mol. The van der Waals surface area contributed by atoms with Gasteiger partial charge in [0.25, 0.3) is 5.56 Å². The highest BCUT2D eigenvalue weighted by Gasteiger charge is 2.04. The molecular formula is C12H13NO2. The van der Waals surface area contributed by atoms with Crippen molar-refractivity contribution in [2.75, 3.05) is 6.61 Å². The third-order valence-corrected chi connectivity index (χ3v) is 2.55. The van der Waals surface area contributed by atoms with Crippen LogP contribution in [0.5, 0.6) is 0 Å². The van der Waals surface area contributed by atoms with Gasteiger partial charge < -0.3 is 9.67 Å². The average Bonchev–Trinajstić information content (AvgIpc) is 2.24. The molecule has 0 aliphatic rings. The van der Waals surface area contributed by atoms with Gasteiger partial charge in [-0.25, -0.2) is 0 Å². The van der Waals surface area contributed by atoms with Crippen LogP contribution in [0.4, 0.5) is 0 Å². The number of rotatable bonds is 2. The molecule has 3 heteroatoms. The number of aliphatic hydroxyl groups excluding tert-OH is 1. The van der Waals surface area contributed by atoms with E-state index >= 15 is 0 Å². The maximum atomic E-state index is 12.0. The van der Waals surface area contributed by atoms with Gasteiger partial charge >= 0.3 is 0 Å². The van der Waals surface area contributed by atoms with Crippen molar-refractivity contribution in [3.63, 3.8) is 0 Å². The van der Waals surface area contributed by atoms with Crippen LogP contribution in [-0.2, 0) is 6.54 Å². The highest BCUT2D eigenvalue weighted by molar-refractivity contribution is 5.81. The molecule has 0 bridgehead atoms. The van der Waals surface area contributed by atoms with Gasteiger partial charge in [0.15, 0.2) is 0 Å². The molecule has 1 aromatic heterocycles. The summed E-state index contributed by atoms with van der Waals surface area (Å²) in [6.45, 7) is 2.22. The van der Waals surface area contributed by atoms with Crippen LogP contribution in [0.3, 0.4) is 0 Å². The molecule has 0 unspecified atom stereocenters. The maximum Gasteiger partial charge on any atom is 0.258 e. The Morgan fingerprint density at radius 1 is 1.33 bits per heavy atom. The minimum atomic E-state index is -0.0281. The van der Waals surface area contributed by atoms with Gasteiger partial charge in [0, 0.05) is 17.6 Å². The monoisotopic (exact) mass is 203 g/mol. The van der Waals surface area contributed by atoms with Crippen LogP contribution in [0.1, 0.15) is 5.69 Å². The summed E-state index contributed by atoms with van der Waals surface area (Å²) in [7, 11) is 0. The van der Waals surface area contributed by atoms with Crippen molar-refractivity contribution in [3.05, 3.63) is 46.4 Å². The summed E-state index contributed by atoms with van der Waals surface area (Å²) in [4.78, 5) is 12.0. The molecule has 0 aliphatic carbocycles. The lowest BCUT2D eigenvalue weighted by molar-refractivity contribution is 0.273. The molecule has 0 aliphatic heterocycles. The quantitative estimate of drug-likeness (QED) is 0.799. The lowest BCUT2D eigenvalue weighted by Crippen LogP contribution is -2.23. The molecule has 0 amide bonds. The first-order valence-electron chi connectivity index (χ1n) is 4.94. The lowest BCUT2D eigenvalue weighted by atomic mass is 10.1. The Bertz CT molecular complexity index is 543. The van der Waals surface area contributed by atoms with Crippen LogP contribution < -0.4 is 5.56 Å². The Labute approximate surface area is 87.6 Å². The summed E-state index contributed by atoms with van der Waals surface area (Å²) < 4.78 is 1.60. The number of hydrogen-bond acceptors (Lipinski definition) is 2. The van der Waals surface area contributed by atoms with Gasteiger partial charge in [-0.2, -0.15) is 0 Å². The van der Waals surface area contributed by atoms with Crippen LogP contribution in [0.2, 0.25) is 0 Å². The predicted molar refractivity (Wildman–Crippen MR) is 60.0 cm³/mol.